The van der Waals surface area contributed by atoms with E-state index in [-0.39, 0.29) is 5.82 Å². The molecule has 0 bridgehead atoms. The van der Waals surface area contributed by atoms with Gasteiger partial charge in [-0.1, -0.05) is 11.7 Å². The molecule has 3 aliphatic heterocycles. The molecule has 19 heavy (non-hydrogen) atoms. The first-order valence-corrected chi connectivity index (χ1v) is 6.35. The Labute approximate surface area is 110 Å². The van der Waals surface area contributed by atoms with Gasteiger partial charge >= 0.3 is 0 Å². The Morgan fingerprint density at radius 3 is 3.21 bits per heavy atom. The fourth-order valence-corrected chi connectivity index (χ4v) is 2.98. The van der Waals surface area contributed by atoms with Gasteiger partial charge in [0, 0.05) is 12.6 Å². The first-order valence-electron chi connectivity index (χ1n) is 6.35. The van der Waals surface area contributed by atoms with Crippen molar-refractivity contribution in [3.8, 4) is 5.75 Å². The minimum Gasteiger partial charge on any atom is -0.486 e. The number of oxime groups is 1. The van der Waals surface area contributed by atoms with E-state index < -0.39 is 5.72 Å². The molecular formula is C14H13FN2O2. The number of nitrogens with zero attached hydrogens (tertiary/aromatic N) is 2. The molecule has 1 fully saturated rings. The van der Waals surface area contributed by atoms with Crippen molar-refractivity contribution in [2.75, 3.05) is 13.2 Å². The summed E-state index contributed by atoms with van der Waals surface area (Å²) >= 11 is 0. The Balaban J connectivity index is 1.81. The van der Waals surface area contributed by atoms with Gasteiger partial charge in [0.1, 0.15) is 11.6 Å². The first kappa shape index (κ1) is 10.8. The van der Waals surface area contributed by atoms with E-state index in [1.807, 2.05) is 0 Å². The second-order valence-corrected chi connectivity index (χ2v) is 5.08. The van der Waals surface area contributed by atoms with Crippen LogP contribution < -0.4 is 4.74 Å². The van der Waals surface area contributed by atoms with Gasteiger partial charge in [0.25, 0.3) is 5.72 Å². The lowest BCUT2D eigenvalue weighted by molar-refractivity contribution is -0.114. The molecule has 0 aromatic heterocycles. The highest BCUT2D eigenvalue weighted by atomic mass is 19.1. The number of hydrogen-bond donors (Lipinski definition) is 0. The van der Waals surface area contributed by atoms with Crippen LogP contribution in [0, 0.1) is 5.82 Å². The van der Waals surface area contributed by atoms with Crippen molar-refractivity contribution in [2.24, 2.45) is 5.16 Å². The average molecular weight is 260 g/mol. The van der Waals surface area contributed by atoms with Gasteiger partial charge in [-0.15, -0.1) is 0 Å². The largest absolute Gasteiger partial charge is 0.486 e. The van der Waals surface area contributed by atoms with Gasteiger partial charge in [-0.2, -0.15) is 0 Å². The molecule has 0 amide bonds. The maximum atomic E-state index is 13.3. The first-order chi connectivity index (χ1) is 9.21. The summed E-state index contributed by atoms with van der Waals surface area (Å²) in [4.78, 5) is 7.78. The topological polar surface area (TPSA) is 34.1 Å². The van der Waals surface area contributed by atoms with Crippen molar-refractivity contribution in [3.63, 3.8) is 0 Å². The molecule has 1 saturated heterocycles. The van der Waals surface area contributed by atoms with Gasteiger partial charge in [0.2, 0.25) is 0 Å². The smallest absolute Gasteiger partial charge is 0.274 e. The van der Waals surface area contributed by atoms with Crippen LogP contribution in [-0.4, -0.2) is 23.9 Å². The van der Waals surface area contributed by atoms with Gasteiger partial charge in [0.15, 0.2) is 12.4 Å². The zero-order valence-electron chi connectivity index (χ0n) is 10.4. The number of hydrogen-bond acceptors (Lipinski definition) is 4. The third-order valence-corrected chi connectivity index (χ3v) is 3.94. The molecule has 4 nitrogen and oxygen atoms in total. The lowest BCUT2D eigenvalue weighted by Crippen LogP contribution is -2.49. The van der Waals surface area contributed by atoms with E-state index in [1.54, 1.807) is 6.07 Å². The van der Waals surface area contributed by atoms with Crippen molar-refractivity contribution in [1.29, 1.82) is 0 Å². The van der Waals surface area contributed by atoms with E-state index in [0.717, 1.165) is 36.4 Å². The van der Waals surface area contributed by atoms with Gasteiger partial charge < -0.3 is 14.5 Å². The number of rotatable bonds is 0. The molecule has 1 aromatic carbocycles. The Bertz CT molecular complexity index is 613. The lowest BCUT2D eigenvalue weighted by atomic mass is 9.97. The molecule has 0 aliphatic carbocycles. The van der Waals surface area contributed by atoms with E-state index in [1.165, 1.54) is 12.1 Å². The summed E-state index contributed by atoms with van der Waals surface area (Å²) in [6.07, 6.45) is 1.95. The van der Waals surface area contributed by atoms with Gasteiger partial charge in [-0.05, 0) is 30.5 Å². The second-order valence-electron chi connectivity index (χ2n) is 5.08. The van der Waals surface area contributed by atoms with E-state index in [0.29, 0.717) is 12.4 Å². The van der Waals surface area contributed by atoms with Crippen LogP contribution in [0.4, 0.5) is 4.39 Å². The zero-order chi connectivity index (χ0) is 13.0. The van der Waals surface area contributed by atoms with Crippen molar-refractivity contribution < 1.29 is 14.0 Å². The maximum Gasteiger partial charge on any atom is 0.274 e. The number of benzene rings is 1. The van der Waals surface area contributed by atoms with Crippen LogP contribution in [0.1, 0.15) is 18.4 Å². The van der Waals surface area contributed by atoms with Crippen molar-refractivity contribution in [2.45, 2.75) is 18.6 Å². The standard InChI is InChI=1S/C14H13FN2O2/c1-9-3-2-6-17-13(9)16-19-14(17)8-18-12-7-10(15)4-5-11(12)14/h4-5,7H,1-3,6,8H2. The van der Waals surface area contributed by atoms with Crippen molar-refractivity contribution in [1.82, 2.24) is 4.90 Å². The number of ether oxygens (including phenoxy) is 1. The third-order valence-electron chi connectivity index (χ3n) is 3.94. The van der Waals surface area contributed by atoms with Crippen molar-refractivity contribution >= 4 is 5.84 Å². The molecule has 0 saturated carbocycles. The van der Waals surface area contributed by atoms with Crippen LogP contribution in [0.25, 0.3) is 0 Å². The van der Waals surface area contributed by atoms with E-state index in [2.05, 4.69) is 16.6 Å². The third kappa shape index (κ3) is 1.30. The molecule has 0 radical (unpaired) electrons. The van der Waals surface area contributed by atoms with Gasteiger partial charge in [-0.25, -0.2) is 4.39 Å². The molecule has 5 heteroatoms. The summed E-state index contributed by atoms with van der Waals surface area (Å²) in [5, 5.41) is 4.16. The normalized spacial score (nSPS) is 27.7. The van der Waals surface area contributed by atoms with Crippen LogP contribution in [0.15, 0.2) is 35.5 Å². The summed E-state index contributed by atoms with van der Waals surface area (Å²) in [5.74, 6) is 1.03. The summed E-state index contributed by atoms with van der Waals surface area (Å²) in [5.41, 5.74) is 1.09. The summed E-state index contributed by atoms with van der Waals surface area (Å²) in [6.45, 7) is 5.20. The molecule has 0 N–H and O–H groups in total. The molecule has 1 unspecified atom stereocenters. The Morgan fingerprint density at radius 1 is 1.42 bits per heavy atom. The maximum absolute atomic E-state index is 13.3. The molecule has 98 valence electrons. The SMILES string of the molecule is C=C1CCCN2C1=NOC21COc2cc(F)ccc21. The van der Waals surface area contributed by atoms with Crippen LogP contribution in [0.5, 0.6) is 5.75 Å². The predicted octanol–water partition coefficient (Wildman–Crippen LogP) is 2.37. The van der Waals surface area contributed by atoms with Crippen LogP contribution in [0.3, 0.4) is 0 Å². The second kappa shape index (κ2) is 3.50. The summed E-state index contributed by atoms with van der Waals surface area (Å²) < 4.78 is 18.8. The fraction of sp³-hybridized carbons (Fsp3) is 0.357. The number of amidine groups is 1. The molecule has 3 aliphatic rings. The van der Waals surface area contributed by atoms with E-state index in [4.69, 9.17) is 9.57 Å². The minimum absolute atomic E-state index is 0.307. The van der Waals surface area contributed by atoms with Crippen molar-refractivity contribution in [3.05, 3.63) is 41.7 Å². The van der Waals surface area contributed by atoms with Crippen LogP contribution in [-0.2, 0) is 10.6 Å². The van der Waals surface area contributed by atoms with E-state index in [9.17, 15) is 4.39 Å². The van der Waals surface area contributed by atoms with Gasteiger partial charge in [-0.3, -0.25) is 0 Å². The highest BCUT2D eigenvalue weighted by Gasteiger charge is 2.54. The highest BCUT2D eigenvalue weighted by Crippen LogP contribution is 2.47. The average Bonchev–Trinajstić information content (AvgIpc) is 2.95. The summed E-state index contributed by atoms with van der Waals surface area (Å²) in [6, 6.07) is 4.53. The molecule has 1 spiro atoms. The molecule has 1 aromatic rings. The number of fused-ring (bicyclic) bond motifs is 4. The Morgan fingerprint density at radius 2 is 2.32 bits per heavy atom. The quantitative estimate of drug-likeness (QED) is 0.718. The minimum atomic E-state index is -0.734. The molecule has 1 atom stereocenters. The molecule has 3 heterocycles. The Hall–Kier alpha value is -2.04. The van der Waals surface area contributed by atoms with Crippen LogP contribution >= 0.6 is 0 Å². The predicted molar refractivity (Wildman–Crippen MR) is 67.2 cm³/mol. The molecular weight excluding hydrogens is 247 g/mol. The highest BCUT2D eigenvalue weighted by molar-refractivity contribution is 5.99. The monoisotopic (exact) mass is 260 g/mol. The van der Waals surface area contributed by atoms with Crippen LogP contribution in [0.2, 0.25) is 0 Å². The lowest BCUT2D eigenvalue weighted by Gasteiger charge is -2.35. The zero-order valence-corrected chi connectivity index (χ0v) is 10.4. The Kier molecular flexibility index (Phi) is 2.00. The van der Waals surface area contributed by atoms with Gasteiger partial charge in [0.05, 0.1) is 5.56 Å². The number of piperidine rings is 1. The van der Waals surface area contributed by atoms with E-state index >= 15 is 0 Å². The number of halogens is 1. The molecule has 4 rings (SSSR count). The summed E-state index contributed by atoms with van der Waals surface area (Å²) in [7, 11) is 0. The fourth-order valence-electron chi connectivity index (χ4n) is 2.98.